The summed E-state index contributed by atoms with van der Waals surface area (Å²) in [7, 11) is 0. The molecule has 1 fully saturated rings. The minimum Gasteiger partial charge on any atom is -0.508 e. The van der Waals surface area contributed by atoms with Gasteiger partial charge in [-0.25, -0.2) is 0 Å². The number of fused-ring (bicyclic) bond motifs is 1. The van der Waals surface area contributed by atoms with Crippen molar-refractivity contribution in [1.29, 1.82) is 0 Å². The molecular weight excluding hydrogens is 279 g/mol. The Labute approximate surface area is 122 Å². The maximum atomic E-state index is 12.9. The van der Waals surface area contributed by atoms with E-state index in [0.29, 0.717) is 12.2 Å². The zero-order valence-electron chi connectivity index (χ0n) is 11.8. The fourth-order valence-corrected chi connectivity index (χ4v) is 3.73. The van der Waals surface area contributed by atoms with E-state index in [1.165, 1.54) is 0 Å². The maximum absolute atomic E-state index is 12.9. The fourth-order valence-electron chi connectivity index (χ4n) is 3.73. The molecule has 0 amide bonds. The molecule has 1 aromatic rings. The van der Waals surface area contributed by atoms with Gasteiger partial charge in [-0.2, -0.15) is 13.2 Å². The van der Waals surface area contributed by atoms with Crippen LogP contribution in [-0.4, -0.2) is 17.3 Å². The molecule has 0 saturated heterocycles. The van der Waals surface area contributed by atoms with Crippen molar-refractivity contribution in [3.05, 3.63) is 29.3 Å². The van der Waals surface area contributed by atoms with Crippen molar-refractivity contribution in [1.82, 2.24) is 5.32 Å². The molecule has 21 heavy (non-hydrogen) atoms. The summed E-state index contributed by atoms with van der Waals surface area (Å²) in [5.41, 5.74) is 1.99. The van der Waals surface area contributed by atoms with E-state index in [1.807, 2.05) is 6.07 Å². The summed E-state index contributed by atoms with van der Waals surface area (Å²) >= 11 is 0. The van der Waals surface area contributed by atoms with E-state index in [9.17, 15) is 18.3 Å². The summed E-state index contributed by atoms with van der Waals surface area (Å²) in [6.45, 7) is 0. The molecule has 3 unspecified atom stereocenters. The number of rotatable bonds is 2. The van der Waals surface area contributed by atoms with Crippen molar-refractivity contribution in [3.8, 4) is 5.75 Å². The van der Waals surface area contributed by atoms with Crippen LogP contribution in [0.4, 0.5) is 13.2 Å². The molecule has 2 nitrogen and oxygen atoms in total. The molecule has 1 aromatic carbocycles. The van der Waals surface area contributed by atoms with E-state index in [-0.39, 0.29) is 24.9 Å². The Hall–Kier alpha value is -1.23. The van der Waals surface area contributed by atoms with Gasteiger partial charge >= 0.3 is 6.18 Å². The monoisotopic (exact) mass is 299 g/mol. The van der Waals surface area contributed by atoms with Crippen molar-refractivity contribution >= 4 is 0 Å². The number of hydrogen-bond donors (Lipinski definition) is 2. The summed E-state index contributed by atoms with van der Waals surface area (Å²) in [6, 6.07) is 5.42. The van der Waals surface area contributed by atoms with E-state index >= 15 is 0 Å². The van der Waals surface area contributed by atoms with Crippen LogP contribution in [0.25, 0.3) is 0 Å². The number of phenols is 1. The Balaban J connectivity index is 1.67. The third kappa shape index (κ3) is 3.03. The predicted molar refractivity (Wildman–Crippen MR) is 74.1 cm³/mol. The van der Waals surface area contributed by atoms with Gasteiger partial charge in [0.05, 0.1) is 5.92 Å². The van der Waals surface area contributed by atoms with Crippen LogP contribution in [0.15, 0.2) is 18.2 Å². The van der Waals surface area contributed by atoms with Crippen LogP contribution in [0.1, 0.15) is 49.3 Å². The van der Waals surface area contributed by atoms with Crippen LogP contribution < -0.4 is 5.32 Å². The number of nitrogens with one attached hydrogen (secondary N) is 1. The molecule has 3 rings (SSSR count). The molecule has 0 spiro atoms. The summed E-state index contributed by atoms with van der Waals surface area (Å²) in [6.07, 6.45) is -0.585. The topological polar surface area (TPSA) is 32.3 Å². The molecule has 2 N–H and O–H groups in total. The summed E-state index contributed by atoms with van der Waals surface area (Å²) in [5.74, 6) is -0.873. The Kier molecular flexibility index (Phi) is 3.86. The van der Waals surface area contributed by atoms with Crippen LogP contribution in [0.3, 0.4) is 0 Å². The van der Waals surface area contributed by atoms with E-state index in [2.05, 4.69) is 5.32 Å². The lowest BCUT2D eigenvalue weighted by Crippen LogP contribution is -2.40. The van der Waals surface area contributed by atoms with Gasteiger partial charge in [0, 0.05) is 12.1 Å². The van der Waals surface area contributed by atoms with Gasteiger partial charge in [0.2, 0.25) is 0 Å². The van der Waals surface area contributed by atoms with Gasteiger partial charge in [0.25, 0.3) is 0 Å². The summed E-state index contributed by atoms with van der Waals surface area (Å²) < 4.78 is 38.6. The van der Waals surface area contributed by atoms with Gasteiger partial charge in [0.1, 0.15) is 5.75 Å². The summed E-state index contributed by atoms with van der Waals surface area (Å²) in [5, 5.41) is 13.2. The molecule has 0 bridgehead atoms. The van der Waals surface area contributed by atoms with Crippen LogP contribution in [0.2, 0.25) is 0 Å². The van der Waals surface area contributed by atoms with Crippen molar-refractivity contribution in [2.75, 3.05) is 0 Å². The Morgan fingerprint density at radius 3 is 2.71 bits per heavy atom. The van der Waals surface area contributed by atoms with Gasteiger partial charge < -0.3 is 10.4 Å². The second-order valence-corrected chi connectivity index (χ2v) is 6.20. The highest BCUT2D eigenvalue weighted by Crippen LogP contribution is 2.40. The lowest BCUT2D eigenvalue weighted by molar-refractivity contribution is -0.183. The van der Waals surface area contributed by atoms with Crippen LogP contribution in [-0.2, 0) is 6.42 Å². The second-order valence-electron chi connectivity index (χ2n) is 6.20. The SMILES string of the molecule is Oc1cccc2c1CCC2NC1CCCC(C(F)(F)F)C1. The first-order chi connectivity index (χ1) is 9.95. The number of phenolic OH excluding ortho intramolecular Hbond substituents is 1. The third-order valence-corrected chi connectivity index (χ3v) is 4.82. The highest BCUT2D eigenvalue weighted by molar-refractivity contribution is 5.44. The zero-order valence-corrected chi connectivity index (χ0v) is 11.8. The van der Waals surface area contributed by atoms with Gasteiger partial charge in [-0.15, -0.1) is 0 Å². The predicted octanol–water partition coefficient (Wildman–Crippen LogP) is 4.09. The van der Waals surface area contributed by atoms with Crippen molar-refractivity contribution in [3.63, 3.8) is 0 Å². The van der Waals surface area contributed by atoms with Crippen LogP contribution >= 0.6 is 0 Å². The summed E-state index contributed by atoms with van der Waals surface area (Å²) in [4.78, 5) is 0. The molecule has 0 aliphatic heterocycles. The van der Waals surface area contributed by atoms with Gasteiger partial charge in [-0.3, -0.25) is 0 Å². The first-order valence-electron chi connectivity index (χ1n) is 7.58. The number of alkyl halides is 3. The number of benzene rings is 1. The van der Waals surface area contributed by atoms with E-state index in [0.717, 1.165) is 30.4 Å². The minimum atomic E-state index is -4.08. The molecule has 2 aliphatic rings. The van der Waals surface area contributed by atoms with Crippen molar-refractivity contribution in [2.45, 2.75) is 56.8 Å². The van der Waals surface area contributed by atoms with Crippen LogP contribution in [0, 0.1) is 5.92 Å². The fraction of sp³-hybridized carbons (Fsp3) is 0.625. The minimum absolute atomic E-state index is 0.0732. The number of halogens is 3. The maximum Gasteiger partial charge on any atom is 0.391 e. The molecule has 0 radical (unpaired) electrons. The average Bonchev–Trinajstić information content (AvgIpc) is 2.83. The standard InChI is InChI=1S/C16H20F3NO/c17-16(18,19)10-3-1-4-11(9-10)20-14-8-7-13-12(14)5-2-6-15(13)21/h2,5-6,10-11,14,20-21H,1,3-4,7-9H2. The van der Waals surface area contributed by atoms with Crippen molar-refractivity contribution < 1.29 is 18.3 Å². The van der Waals surface area contributed by atoms with E-state index < -0.39 is 12.1 Å². The molecule has 3 atom stereocenters. The number of aromatic hydroxyl groups is 1. The third-order valence-electron chi connectivity index (χ3n) is 4.82. The van der Waals surface area contributed by atoms with Crippen molar-refractivity contribution in [2.24, 2.45) is 5.92 Å². The molecule has 1 saturated carbocycles. The highest BCUT2D eigenvalue weighted by Gasteiger charge is 2.42. The molecule has 2 aliphatic carbocycles. The Bertz CT molecular complexity index is 515. The lowest BCUT2D eigenvalue weighted by Gasteiger charge is -2.33. The van der Waals surface area contributed by atoms with Gasteiger partial charge in [0.15, 0.2) is 0 Å². The Morgan fingerprint density at radius 2 is 1.95 bits per heavy atom. The molecule has 5 heteroatoms. The lowest BCUT2D eigenvalue weighted by atomic mass is 9.84. The average molecular weight is 299 g/mol. The highest BCUT2D eigenvalue weighted by atomic mass is 19.4. The molecule has 0 aromatic heterocycles. The van der Waals surface area contributed by atoms with E-state index in [1.54, 1.807) is 12.1 Å². The Morgan fingerprint density at radius 1 is 1.14 bits per heavy atom. The normalized spacial score (nSPS) is 29.4. The largest absolute Gasteiger partial charge is 0.508 e. The van der Waals surface area contributed by atoms with Crippen LogP contribution in [0.5, 0.6) is 5.75 Å². The zero-order chi connectivity index (χ0) is 15.0. The smallest absolute Gasteiger partial charge is 0.391 e. The molecular formula is C16H20F3NO. The second kappa shape index (κ2) is 5.52. The van der Waals surface area contributed by atoms with Gasteiger partial charge in [-0.1, -0.05) is 18.6 Å². The number of hydrogen-bond acceptors (Lipinski definition) is 2. The van der Waals surface area contributed by atoms with E-state index in [4.69, 9.17) is 0 Å². The first kappa shape index (κ1) is 14.7. The molecule has 116 valence electrons. The molecule has 0 heterocycles. The quantitative estimate of drug-likeness (QED) is 0.862. The van der Waals surface area contributed by atoms with Gasteiger partial charge in [-0.05, 0) is 49.3 Å². The first-order valence-corrected chi connectivity index (χ1v) is 7.58.